The summed E-state index contributed by atoms with van der Waals surface area (Å²) < 4.78 is 59.3. The zero-order chi connectivity index (χ0) is 16.9. The molecule has 2 rings (SSSR count). The molecule has 128 valence electrons. The molecule has 4 nitrogen and oxygen atoms in total. The predicted octanol–water partition coefficient (Wildman–Crippen LogP) is 2.58. The first-order valence-corrected chi connectivity index (χ1v) is 7.11. The van der Waals surface area contributed by atoms with Gasteiger partial charge in [-0.3, -0.25) is 4.79 Å². The smallest absolute Gasteiger partial charge is 0.330 e. The molecule has 0 aliphatic carbocycles. The van der Waals surface area contributed by atoms with E-state index in [2.05, 4.69) is 4.74 Å². The second-order valence-electron chi connectivity index (χ2n) is 5.24. The van der Waals surface area contributed by atoms with Crippen molar-refractivity contribution in [1.29, 1.82) is 0 Å². The highest BCUT2D eigenvalue weighted by Crippen LogP contribution is 2.23. The first-order chi connectivity index (χ1) is 10.9. The number of nitrogens with zero attached hydrogens (tertiary/aromatic N) is 1. The van der Waals surface area contributed by atoms with E-state index in [0.717, 1.165) is 0 Å². The largest absolute Gasteiger partial charge is 0.489 e. The highest BCUT2D eigenvalue weighted by atomic mass is 19.3. The minimum absolute atomic E-state index is 0.191. The zero-order valence-corrected chi connectivity index (χ0v) is 12.3. The van der Waals surface area contributed by atoms with Crippen molar-refractivity contribution < 1.29 is 31.8 Å². The number of ether oxygens (including phenoxy) is 2. The van der Waals surface area contributed by atoms with E-state index in [4.69, 9.17) is 4.74 Å². The Hall–Kier alpha value is -1.83. The average Bonchev–Trinajstić information content (AvgIpc) is 2.96. The summed E-state index contributed by atoms with van der Waals surface area (Å²) in [5, 5.41) is 0. The van der Waals surface area contributed by atoms with Crippen LogP contribution in [0.1, 0.15) is 6.42 Å². The van der Waals surface area contributed by atoms with Gasteiger partial charge in [-0.15, -0.1) is 0 Å². The molecule has 0 radical (unpaired) electrons. The number of para-hydroxylation sites is 1. The molecule has 0 spiro atoms. The second-order valence-corrected chi connectivity index (χ2v) is 5.24. The minimum Gasteiger partial charge on any atom is -0.489 e. The maximum atomic E-state index is 12.7. The average molecular weight is 335 g/mol. The van der Waals surface area contributed by atoms with Crippen molar-refractivity contribution in [2.75, 3.05) is 26.3 Å². The molecule has 8 heteroatoms. The van der Waals surface area contributed by atoms with Crippen molar-refractivity contribution in [2.24, 2.45) is 0 Å². The summed E-state index contributed by atoms with van der Waals surface area (Å²) >= 11 is 0. The van der Waals surface area contributed by atoms with Gasteiger partial charge in [0.25, 0.3) is 0 Å². The molecular weight excluding hydrogens is 318 g/mol. The molecular formula is C15H17F4NO3. The van der Waals surface area contributed by atoms with Crippen LogP contribution in [0.4, 0.5) is 17.6 Å². The topological polar surface area (TPSA) is 38.8 Å². The van der Waals surface area contributed by atoms with Crippen molar-refractivity contribution in [3.63, 3.8) is 0 Å². The van der Waals surface area contributed by atoms with Crippen LogP contribution in [-0.4, -0.2) is 55.6 Å². The van der Waals surface area contributed by atoms with Gasteiger partial charge >= 0.3 is 12.3 Å². The summed E-state index contributed by atoms with van der Waals surface area (Å²) in [6, 6.07) is 9.08. The van der Waals surface area contributed by atoms with E-state index >= 15 is 0 Å². The van der Waals surface area contributed by atoms with E-state index < -0.39 is 31.5 Å². The molecule has 1 amide bonds. The van der Waals surface area contributed by atoms with Gasteiger partial charge < -0.3 is 14.4 Å². The van der Waals surface area contributed by atoms with Gasteiger partial charge in [0, 0.05) is 13.0 Å². The van der Waals surface area contributed by atoms with Crippen molar-refractivity contribution in [3.05, 3.63) is 30.3 Å². The summed E-state index contributed by atoms with van der Waals surface area (Å²) in [7, 11) is 0. The third-order valence-electron chi connectivity index (χ3n) is 3.38. The molecule has 0 saturated carbocycles. The number of hydrogen-bond donors (Lipinski definition) is 0. The molecule has 0 aromatic heterocycles. The van der Waals surface area contributed by atoms with Crippen LogP contribution >= 0.6 is 0 Å². The van der Waals surface area contributed by atoms with Crippen LogP contribution in [0.3, 0.4) is 0 Å². The predicted molar refractivity (Wildman–Crippen MR) is 73.8 cm³/mol. The number of amides is 1. The van der Waals surface area contributed by atoms with E-state index in [-0.39, 0.29) is 6.10 Å². The van der Waals surface area contributed by atoms with Gasteiger partial charge in [-0.05, 0) is 12.1 Å². The molecule has 1 aromatic rings. The number of carbonyl (C=O) groups is 1. The van der Waals surface area contributed by atoms with Crippen molar-refractivity contribution in [3.8, 4) is 5.75 Å². The standard InChI is InChI=1S/C15H17F4NO3/c16-14(17)15(18,19)10-22-9-13(21)20-7-6-12(8-20)23-11-4-2-1-3-5-11/h1-5,12,14H,6-10H2/t12-/m1/s1. The van der Waals surface area contributed by atoms with Gasteiger partial charge in [0.1, 0.15) is 25.1 Å². The van der Waals surface area contributed by atoms with Crippen LogP contribution in [0.2, 0.25) is 0 Å². The number of alkyl halides is 4. The van der Waals surface area contributed by atoms with Gasteiger partial charge in [0.05, 0.1) is 6.54 Å². The van der Waals surface area contributed by atoms with Crippen molar-refractivity contribution >= 4 is 5.91 Å². The Morgan fingerprint density at radius 3 is 2.65 bits per heavy atom. The Morgan fingerprint density at radius 1 is 1.30 bits per heavy atom. The monoisotopic (exact) mass is 335 g/mol. The van der Waals surface area contributed by atoms with Crippen molar-refractivity contribution in [2.45, 2.75) is 24.9 Å². The quantitative estimate of drug-likeness (QED) is 0.719. The lowest BCUT2D eigenvalue weighted by atomic mass is 10.3. The molecule has 1 saturated heterocycles. The van der Waals surface area contributed by atoms with Crippen LogP contribution < -0.4 is 4.74 Å². The lowest BCUT2D eigenvalue weighted by molar-refractivity contribution is -0.170. The highest BCUT2D eigenvalue weighted by Gasteiger charge is 2.41. The molecule has 0 bridgehead atoms. The maximum absolute atomic E-state index is 12.7. The number of benzene rings is 1. The van der Waals surface area contributed by atoms with Gasteiger partial charge in [-0.2, -0.15) is 8.78 Å². The van der Waals surface area contributed by atoms with Gasteiger partial charge in [-0.25, -0.2) is 8.78 Å². The lowest BCUT2D eigenvalue weighted by Crippen LogP contribution is -2.37. The third-order valence-corrected chi connectivity index (χ3v) is 3.38. The van der Waals surface area contributed by atoms with Gasteiger partial charge in [-0.1, -0.05) is 18.2 Å². The van der Waals surface area contributed by atoms with E-state index in [9.17, 15) is 22.4 Å². The molecule has 1 heterocycles. The minimum atomic E-state index is -4.25. The number of halogens is 4. The molecule has 0 N–H and O–H groups in total. The highest BCUT2D eigenvalue weighted by molar-refractivity contribution is 5.77. The first kappa shape index (κ1) is 17.5. The number of likely N-dealkylation sites (tertiary alicyclic amines) is 1. The molecule has 1 atom stereocenters. The normalized spacial score (nSPS) is 18.5. The molecule has 1 aliphatic rings. The summed E-state index contributed by atoms with van der Waals surface area (Å²) in [5.74, 6) is -4.08. The van der Waals surface area contributed by atoms with Gasteiger partial charge in [0.15, 0.2) is 0 Å². The van der Waals surface area contributed by atoms with E-state index in [1.165, 1.54) is 4.90 Å². The Labute approximate surface area is 131 Å². The van der Waals surface area contributed by atoms with E-state index in [1.807, 2.05) is 18.2 Å². The summed E-state index contributed by atoms with van der Waals surface area (Å²) in [5.41, 5.74) is 0. The Kier molecular flexibility index (Phi) is 5.81. The summed E-state index contributed by atoms with van der Waals surface area (Å²) in [6.07, 6.45) is -3.40. The van der Waals surface area contributed by atoms with Crippen LogP contribution in [0.15, 0.2) is 30.3 Å². The van der Waals surface area contributed by atoms with E-state index in [0.29, 0.717) is 25.3 Å². The summed E-state index contributed by atoms with van der Waals surface area (Å²) in [4.78, 5) is 13.2. The first-order valence-electron chi connectivity index (χ1n) is 7.11. The van der Waals surface area contributed by atoms with Crippen LogP contribution in [0.5, 0.6) is 5.75 Å². The second kappa shape index (κ2) is 7.63. The molecule has 1 fully saturated rings. The van der Waals surface area contributed by atoms with Crippen LogP contribution in [0, 0.1) is 0 Å². The Balaban J connectivity index is 1.72. The fraction of sp³-hybridized carbons (Fsp3) is 0.533. The van der Waals surface area contributed by atoms with E-state index in [1.54, 1.807) is 12.1 Å². The Morgan fingerprint density at radius 2 is 2.00 bits per heavy atom. The number of hydrogen-bond acceptors (Lipinski definition) is 3. The summed E-state index contributed by atoms with van der Waals surface area (Å²) in [6.45, 7) is -1.41. The van der Waals surface area contributed by atoms with Crippen LogP contribution in [-0.2, 0) is 9.53 Å². The molecule has 1 aliphatic heterocycles. The number of rotatable bonds is 7. The van der Waals surface area contributed by atoms with Crippen molar-refractivity contribution in [1.82, 2.24) is 4.90 Å². The third kappa shape index (κ3) is 5.09. The SMILES string of the molecule is O=C(COCC(F)(F)C(F)F)N1CC[C@@H](Oc2ccccc2)C1. The number of carbonyl (C=O) groups excluding carboxylic acids is 1. The lowest BCUT2D eigenvalue weighted by Gasteiger charge is -2.19. The fourth-order valence-corrected chi connectivity index (χ4v) is 2.17. The maximum Gasteiger partial charge on any atom is 0.330 e. The fourth-order valence-electron chi connectivity index (χ4n) is 2.17. The molecule has 23 heavy (non-hydrogen) atoms. The van der Waals surface area contributed by atoms with Gasteiger partial charge in [0.2, 0.25) is 5.91 Å². The molecule has 1 aromatic carbocycles. The zero-order valence-electron chi connectivity index (χ0n) is 12.3. The van der Waals surface area contributed by atoms with Crippen LogP contribution in [0.25, 0.3) is 0 Å². The Bertz CT molecular complexity index is 513. The molecule has 0 unspecified atom stereocenters.